The van der Waals surface area contributed by atoms with Crippen LogP contribution in [0.15, 0.2) is 36.4 Å². The summed E-state index contributed by atoms with van der Waals surface area (Å²) in [5, 5.41) is 19.2. The minimum Gasteiger partial charge on any atom is -0.497 e. The molecule has 7 heteroatoms. The highest BCUT2D eigenvalue weighted by Gasteiger charge is 2.35. The highest BCUT2D eigenvalue weighted by Crippen LogP contribution is 2.33. The normalized spacial score (nSPS) is 11.5. The lowest BCUT2D eigenvalue weighted by Gasteiger charge is -2.21. The van der Waals surface area contributed by atoms with Gasteiger partial charge >= 0.3 is 11.9 Å². The number of fused-ring (bicyclic) bond motifs is 1. The van der Waals surface area contributed by atoms with Gasteiger partial charge in [0.25, 0.3) is 0 Å². The summed E-state index contributed by atoms with van der Waals surface area (Å²) in [4.78, 5) is 31.0. The van der Waals surface area contributed by atoms with Crippen LogP contribution in [0.25, 0.3) is 22.4 Å². The fourth-order valence-electron chi connectivity index (χ4n) is 2.81. The van der Waals surface area contributed by atoms with Crippen molar-refractivity contribution in [3.63, 3.8) is 0 Å². The molecule has 0 radical (unpaired) electrons. The number of carboxylic acid groups (broad SMARTS) is 2. The van der Waals surface area contributed by atoms with E-state index >= 15 is 0 Å². The maximum atomic E-state index is 11.9. The zero-order chi connectivity index (χ0) is 19.1. The molecule has 0 saturated carbocycles. The second-order valence-corrected chi connectivity index (χ2v) is 6.43. The van der Waals surface area contributed by atoms with Crippen LogP contribution in [0, 0.1) is 0 Å². The van der Waals surface area contributed by atoms with Gasteiger partial charge in [-0.05, 0) is 49.7 Å². The number of aromatic nitrogens is 2. The van der Waals surface area contributed by atoms with Gasteiger partial charge in [-0.2, -0.15) is 0 Å². The molecule has 7 nitrogen and oxygen atoms in total. The monoisotopic (exact) mass is 354 g/mol. The lowest BCUT2D eigenvalue weighted by molar-refractivity contribution is -0.142. The highest BCUT2D eigenvalue weighted by molar-refractivity contribution is 6.05. The van der Waals surface area contributed by atoms with Gasteiger partial charge in [0.05, 0.1) is 23.6 Å². The number of rotatable bonds is 5. The van der Waals surface area contributed by atoms with Gasteiger partial charge in [-0.3, -0.25) is 4.79 Å². The largest absolute Gasteiger partial charge is 0.497 e. The number of ether oxygens (including phenoxy) is 1. The standard InChI is InChI=1S/C19H18N2O5/c1-19(2,18(24)25)12-8-9-13-15(14(12)17(22)23)21-16(20-13)10-4-6-11(26-3)7-5-10/h4-9H,1-3H3,(H,20,21)(H,22,23)(H,24,25). The van der Waals surface area contributed by atoms with Gasteiger partial charge in [0.1, 0.15) is 17.1 Å². The molecule has 1 heterocycles. The number of methoxy groups -OCH3 is 1. The van der Waals surface area contributed by atoms with Gasteiger partial charge in [0.2, 0.25) is 0 Å². The first-order valence-electron chi connectivity index (χ1n) is 7.90. The summed E-state index contributed by atoms with van der Waals surface area (Å²) in [7, 11) is 1.57. The Morgan fingerprint density at radius 2 is 1.73 bits per heavy atom. The first kappa shape index (κ1) is 17.5. The lowest BCUT2D eigenvalue weighted by Crippen LogP contribution is -2.30. The third-order valence-electron chi connectivity index (χ3n) is 4.44. The molecular weight excluding hydrogens is 336 g/mol. The van der Waals surface area contributed by atoms with Crippen LogP contribution in [0.1, 0.15) is 29.8 Å². The van der Waals surface area contributed by atoms with Crippen LogP contribution in [0.4, 0.5) is 0 Å². The molecule has 0 unspecified atom stereocenters. The summed E-state index contributed by atoms with van der Waals surface area (Å²) >= 11 is 0. The molecule has 0 saturated heterocycles. The summed E-state index contributed by atoms with van der Waals surface area (Å²) in [6.07, 6.45) is 0. The predicted octanol–water partition coefficient (Wildman–Crippen LogP) is 3.30. The van der Waals surface area contributed by atoms with E-state index in [1.54, 1.807) is 37.4 Å². The van der Waals surface area contributed by atoms with Crippen molar-refractivity contribution in [1.82, 2.24) is 9.97 Å². The van der Waals surface area contributed by atoms with E-state index in [4.69, 9.17) is 4.74 Å². The fourth-order valence-corrected chi connectivity index (χ4v) is 2.81. The zero-order valence-electron chi connectivity index (χ0n) is 14.5. The van der Waals surface area contributed by atoms with Crippen LogP contribution in [0.3, 0.4) is 0 Å². The van der Waals surface area contributed by atoms with Crippen molar-refractivity contribution in [3.05, 3.63) is 47.5 Å². The number of carboxylic acids is 2. The van der Waals surface area contributed by atoms with E-state index in [2.05, 4.69) is 9.97 Å². The predicted molar refractivity (Wildman–Crippen MR) is 95.7 cm³/mol. The fraction of sp³-hybridized carbons (Fsp3) is 0.211. The van der Waals surface area contributed by atoms with Crippen molar-refractivity contribution in [2.45, 2.75) is 19.3 Å². The molecule has 0 aliphatic rings. The van der Waals surface area contributed by atoms with Crippen LogP contribution in [0.5, 0.6) is 5.75 Å². The number of carbonyl (C=O) groups is 2. The zero-order valence-corrected chi connectivity index (χ0v) is 14.5. The first-order chi connectivity index (χ1) is 12.3. The molecule has 0 fully saturated rings. The van der Waals surface area contributed by atoms with E-state index in [1.165, 1.54) is 19.9 Å². The molecule has 3 rings (SSSR count). The molecule has 0 bridgehead atoms. The number of nitrogens with one attached hydrogen (secondary N) is 1. The van der Waals surface area contributed by atoms with Crippen molar-refractivity contribution in [1.29, 1.82) is 0 Å². The van der Waals surface area contributed by atoms with Gasteiger partial charge in [-0.1, -0.05) is 6.07 Å². The number of benzene rings is 2. The molecule has 0 aliphatic carbocycles. The number of hydrogen-bond acceptors (Lipinski definition) is 4. The van der Waals surface area contributed by atoms with Gasteiger partial charge in [-0.25, -0.2) is 9.78 Å². The average molecular weight is 354 g/mol. The van der Waals surface area contributed by atoms with Crippen molar-refractivity contribution < 1.29 is 24.5 Å². The Balaban J connectivity index is 2.22. The average Bonchev–Trinajstić information content (AvgIpc) is 3.04. The van der Waals surface area contributed by atoms with Crippen LogP contribution in [-0.4, -0.2) is 39.2 Å². The number of aromatic amines is 1. The Morgan fingerprint density at radius 1 is 1.08 bits per heavy atom. The molecule has 0 spiro atoms. The smallest absolute Gasteiger partial charge is 0.338 e. The Hall–Kier alpha value is -3.35. The van der Waals surface area contributed by atoms with Crippen LogP contribution >= 0.6 is 0 Å². The topological polar surface area (TPSA) is 113 Å². The molecule has 0 amide bonds. The van der Waals surface area contributed by atoms with Crippen LogP contribution in [0.2, 0.25) is 0 Å². The maximum absolute atomic E-state index is 11.9. The number of hydrogen-bond donors (Lipinski definition) is 3. The van der Waals surface area contributed by atoms with Crippen molar-refractivity contribution in [2.75, 3.05) is 7.11 Å². The van der Waals surface area contributed by atoms with E-state index in [-0.39, 0.29) is 16.6 Å². The summed E-state index contributed by atoms with van der Waals surface area (Å²) in [6, 6.07) is 10.3. The third-order valence-corrected chi connectivity index (χ3v) is 4.44. The number of aromatic carboxylic acids is 1. The Bertz CT molecular complexity index is 1000. The third kappa shape index (κ3) is 2.77. The van der Waals surface area contributed by atoms with Gasteiger partial charge < -0.3 is 19.9 Å². The Morgan fingerprint density at radius 3 is 2.27 bits per heavy atom. The van der Waals surface area contributed by atoms with Crippen molar-refractivity contribution >= 4 is 23.0 Å². The summed E-state index contributed by atoms with van der Waals surface area (Å²) < 4.78 is 5.13. The van der Waals surface area contributed by atoms with E-state index in [9.17, 15) is 19.8 Å². The SMILES string of the molecule is COc1ccc(-c2nc3c(C(=O)O)c(C(C)(C)C(=O)O)ccc3[nH]2)cc1. The molecule has 0 atom stereocenters. The lowest BCUT2D eigenvalue weighted by atomic mass is 9.81. The van der Waals surface area contributed by atoms with Gasteiger partial charge in [-0.15, -0.1) is 0 Å². The van der Waals surface area contributed by atoms with E-state index in [0.29, 0.717) is 17.1 Å². The summed E-state index contributed by atoms with van der Waals surface area (Å²) in [6.45, 7) is 2.94. The first-order valence-corrected chi connectivity index (χ1v) is 7.90. The molecule has 2 aromatic carbocycles. The van der Waals surface area contributed by atoms with Gasteiger partial charge in [0, 0.05) is 5.56 Å². The quantitative estimate of drug-likeness (QED) is 0.648. The van der Waals surface area contributed by atoms with E-state index in [1.807, 2.05) is 0 Å². The maximum Gasteiger partial charge on any atom is 0.338 e. The van der Waals surface area contributed by atoms with Crippen LogP contribution in [-0.2, 0) is 10.2 Å². The highest BCUT2D eigenvalue weighted by atomic mass is 16.5. The Kier molecular flexibility index (Phi) is 4.15. The molecular formula is C19H18N2O5. The number of H-pyrrole nitrogens is 1. The second kappa shape index (κ2) is 6.18. The Labute approximate surface area is 149 Å². The van der Waals surface area contributed by atoms with Crippen molar-refractivity contribution in [2.24, 2.45) is 0 Å². The molecule has 134 valence electrons. The summed E-state index contributed by atoms with van der Waals surface area (Å²) in [5.41, 5.74) is 0.260. The number of nitrogens with zero attached hydrogens (tertiary/aromatic N) is 1. The molecule has 1 aromatic heterocycles. The van der Waals surface area contributed by atoms with Crippen LogP contribution < -0.4 is 4.74 Å². The van der Waals surface area contributed by atoms with E-state index < -0.39 is 17.4 Å². The molecule has 3 aromatic rings. The number of aliphatic carboxylic acids is 1. The molecule has 26 heavy (non-hydrogen) atoms. The second-order valence-electron chi connectivity index (χ2n) is 6.43. The number of imidazole rings is 1. The molecule has 3 N–H and O–H groups in total. The molecule has 0 aliphatic heterocycles. The van der Waals surface area contributed by atoms with Crippen molar-refractivity contribution in [3.8, 4) is 17.1 Å². The van der Waals surface area contributed by atoms with E-state index in [0.717, 1.165) is 5.56 Å². The minimum atomic E-state index is -1.36. The minimum absolute atomic E-state index is 0.106. The van der Waals surface area contributed by atoms with Gasteiger partial charge in [0.15, 0.2) is 0 Å². The summed E-state index contributed by atoms with van der Waals surface area (Å²) in [5.74, 6) is -1.13.